The van der Waals surface area contributed by atoms with Gasteiger partial charge >= 0.3 is 0 Å². The first kappa shape index (κ1) is 12.1. The summed E-state index contributed by atoms with van der Waals surface area (Å²) < 4.78 is 0. The van der Waals surface area contributed by atoms with Crippen molar-refractivity contribution < 1.29 is 0 Å². The molecule has 0 aliphatic carbocycles. The highest BCUT2D eigenvalue weighted by Crippen LogP contribution is 2.24. The molecule has 2 heterocycles. The van der Waals surface area contributed by atoms with Crippen molar-refractivity contribution in [3.8, 4) is 0 Å². The molecule has 1 unspecified atom stereocenters. The molecular weight excluding hydrogens is 210 g/mol. The van der Waals surface area contributed by atoms with E-state index in [9.17, 15) is 0 Å². The number of fused-ring (bicyclic) bond motifs is 1. The van der Waals surface area contributed by atoms with E-state index in [1.165, 1.54) is 25.7 Å². The van der Waals surface area contributed by atoms with E-state index in [0.29, 0.717) is 5.92 Å². The maximum absolute atomic E-state index is 4.60. The van der Waals surface area contributed by atoms with Gasteiger partial charge < -0.3 is 4.98 Å². The summed E-state index contributed by atoms with van der Waals surface area (Å²) in [6, 6.07) is 3.99. The standard InChI is InChI=1S/C14H21N3/c1-3-5-6-8-11(4-2)13-16-12-9-7-10-15-14(12)17-13/h7,9-11H,3-6,8H2,1-2H3,(H,15,16,17). The highest BCUT2D eigenvalue weighted by Gasteiger charge is 2.13. The van der Waals surface area contributed by atoms with Crippen LogP contribution in [0, 0.1) is 0 Å². The van der Waals surface area contributed by atoms with E-state index in [1.807, 2.05) is 12.1 Å². The van der Waals surface area contributed by atoms with Gasteiger partial charge in [-0.15, -0.1) is 0 Å². The second-order valence-corrected chi connectivity index (χ2v) is 4.60. The van der Waals surface area contributed by atoms with Crippen molar-refractivity contribution in [2.24, 2.45) is 0 Å². The van der Waals surface area contributed by atoms with Crippen molar-refractivity contribution in [3.05, 3.63) is 24.2 Å². The van der Waals surface area contributed by atoms with Crippen LogP contribution in [0.2, 0.25) is 0 Å². The van der Waals surface area contributed by atoms with Gasteiger partial charge in [0, 0.05) is 12.1 Å². The topological polar surface area (TPSA) is 41.6 Å². The van der Waals surface area contributed by atoms with Crippen LogP contribution < -0.4 is 0 Å². The van der Waals surface area contributed by atoms with Crippen molar-refractivity contribution in [3.63, 3.8) is 0 Å². The lowest BCUT2D eigenvalue weighted by atomic mass is 9.98. The van der Waals surface area contributed by atoms with E-state index >= 15 is 0 Å². The van der Waals surface area contributed by atoms with Gasteiger partial charge in [-0.25, -0.2) is 9.97 Å². The average molecular weight is 231 g/mol. The Kier molecular flexibility index (Phi) is 4.13. The van der Waals surface area contributed by atoms with Gasteiger partial charge in [-0.2, -0.15) is 0 Å². The SMILES string of the molecule is CCCCCC(CC)c1nc2ncccc2[nH]1. The Morgan fingerprint density at radius 3 is 2.88 bits per heavy atom. The van der Waals surface area contributed by atoms with Crippen LogP contribution in [0.3, 0.4) is 0 Å². The van der Waals surface area contributed by atoms with Crippen LogP contribution in [-0.2, 0) is 0 Å². The summed E-state index contributed by atoms with van der Waals surface area (Å²) in [4.78, 5) is 12.3. The summed E-state index contributed by atoms with van der Waals surface area (Å²) >= 11 is 0. The summed E-state index contributed by atoms with van der Waals surface area (Å²) in [5, 5.41) is 0. The van der Waals surface area contributed by atoms with E-state index in [4.69, 9.17) is 0 Å². The number of hydrogen-bond acceptors (Lipinski definition) is 2. The normalized spacial score (nSPS) is 13.1. The van der Waals surface area contributed by atoms with Crippen molar-refractivity contribution in [2.75, 3.05) is 0 Å². The van der Waals surface area contributed by atoms with Crippen LogP contribution in [0.25, 0.3) is 11.2 Å². The van der Waals surface area contributed by atoms with Crippen LogP contribution in [-0.4, -0.2) is 15.0 Å². The number of aromatic nitrogens is 3. The first-order valence-electron chi connectivity index (χ1n) is 6.65. The van der Waals surface area contributed by atoms with Gasteiger partial charge in [0.25, 0.3) is 0 Å². The summed E-state index contributed by atoms with van der Waals surface area (Å²) in [6.07, 6.45) is 8.05. The average Bonchev–Trinajstić information content (AvgIpc) is 2.78. The first-order valence-corrected chi connectivity index (χ1v) is 6.65. The fraction of sp³-hybridized carbons (Fsp3) is 0.571. The largest absolute Gasteiger partial charge is 0.340 e. The molecule has 0 bridgehead atoms. The lowest BCUT2D eigenvalue weighted by molar-refractivity contribution is 0.535. The smallest absolute Gasteiger partial charge is 0.177 e. The van der Waals surface area contributed by atoms with E-state index < -0.39 is 0 Å². The van der Waals surface area contributed by atoms with Crippen LogP contribution in [0.4, 0.5) is 0 Å². The number of pyridine rings is 1. The molecule has 1 N–H and O–H groups in total. The van der Waals surface area contributed by atoms with E-state index in [2.05, 4.69) is 28.8 Å². The Hall–Kier alpha value is -1.38. The number of hydrogen-bond donors (Lipinski definition) is 1. The number of imidazole rings is 1. The molecule has 92 valence electrons. The van der Waals surface area contributed by atoms with Gasteiger partial charge in [0.05, 0.1) is 5.52 Å². The number of H-pyrrole nitrogens is 1. The summed E-state index contributed by atoms with van der Waals surface area (Å²) in [7, 11) is 0. The molecule has 0 spiro atoms. The predicted octanol–water partition coefficient (Wildman–Crippen LogP) is 4.03. The molecule has 2 aromatic rings. The first-order chi connectivity index (χ1) is 8.35. The molecule has 0 radical (unpaired) electrons. The number of nitrogens with zero attached hydrogens (tertiary/aromatic N) is 2. The molecule has 0 aromatic carbocycles. The minimum absolute atomic E-state index is 0.552. The molecule has 3 nitrogen and oxygen atoms in total. The van der Waals surface area contributed by atoms with E-state index in [0.717, 1.165) is 23.4 Å². The number of nitrogens with one attached hydrogen (secondary N) is 1. The maximum Gasteiger partial charge on any atom is 0.177 e. The summed E-state index contributed by atoms with van der Waals surface area (Å²) in [5.74, 6) is 1.66. The molecule has 0 amide bonds. The van der Waals surface area contributed by atoms with Gasteiger partial charge in [-0.05, 0) is 25.0 Å². The number of unbranched alkanes of at least 4 members (excludes halogenated alkanes) is 2. The zero-order valence-corrected chi connectivity index (χ0v) is 10.7. The van der Waals surface area contributed by atoms with E-state index in [-0.39, 0.29) is 0 Å². The van der Waals surface area contributed by atoms with Gasteiger partial charge in [-0.1, -0.05) is 33.1 Å². The van der Waals surface area contributed by atoms with Crippen molar-refractivity contribution in [1.82, 2.24) is 15.0 Å². The second-order valence-electron chi connectivity index (χ2n) is 4.60. The van der Waals surface area contributed by atoms with E-state index in [1.54, 1.807) is 6.20 Å². The Morgan fingerprint density at radius 1 is 1.29 bits per heavy atom. The molecule has 0 saturated carbocycles. The van der Waals surface area contributed by atoms with Crippen molar-refractivity contribution in [2.45, 2.75) is 51.9 Å². The van der Waals surface area contributed by atoms with Crippen LogP contribution >= 0.6 is 0 Å². The minimum atomic E-state index is 0.552. The van der Waals surface area contributed by atoms with Crippen molar-refractivity contribution >= 4 is 11.2 Å². The highest BCUT2D eigenvalue weighted by molar-refractivity contribution is 5.69. The maximum atomic E-state index is 4.60. The zero-order chi connectivity index (χ0) is 12.1. The Labute approximate surface area is 103 Å². The van der Waals surface area contributed by atoms with Crippen LogP contribution in [0.15, 0.2) is 18.3 Å². The predicted molar refractivity (Wildman–Crippen MR) is 71.1 cm³/mol. The molecule has 3 heteroatoms. The molecule has 2 rings (SSSR count). The fourth-order valence-corrected chi connectivity index (χ4v) is 2.23. The minimum Gasteiger partial charge on any atom is -0.340 e. The Balaban J connectivity index is 2.12. The number of rotatable bonds is 6. The number of aromatic amines is 1. The fourth-order valence-electron chi connectivity index (χ4n) is 2.23. The van der Waals surface area contributed by atoms with Crippen LogP contribution in [0.1, 0.15) is 57.7 Å². The third kappa shape index (κ3) is 2.84. The van der Waals surface area contributed by atoms with Gasteiger partial charge in [0.15, 0.2) is 5.65 Å². The zero-order valence-electron chi connectivity index (χ0n) is 10.7. The summed E-state index contributed by atoms with van der Waals surface area (Å²) in [6.45, 7) is 4.48. The van der Waals surface area contributed by atoms with Crippen LogP contribution in [0.5, 0.6) is 0 Å². The molecule has 0 saturated heterocycles. The van der Waals surface area contributed by atoms with Gasteiger partial charge in [0.1, 0.15) is 5.82 Å². The summed E-state index contributed by atoms with van der Waals surface area (Å²) in [5.41, 5.74) is 1.90. The Morgan fingerprint density at radius 2 is 2.18 bits per heavy atom. The molecule has 2 aromatic heterocycles. The third-order valence-electron chi connectivity index (χ3n) is 3.31. The molecular formula is C14H21N3. The third-order valence-corrected chi connectivity index (χ3v) is 3.31. The van der Waals surface area contributed by atoms with Gasteiger partial charge in [0.2, 0.25) is 0 Å². The van der Waals surface area contributed by atoms with Gasteiger partial charge in [-0.3, -0.25) is 0 Å². The van der Waals surface area contributed by atoms with Crippen molar-refractivity contribution in [1.29, 1.82) is 0 Å². The second kappa shape index (κ2) is 5.80. The lowest BCUT2D eigenvalue weighted by Crippen LogP contribution is -1.99. The lowest BCUT2D eigenvalue weighted by Gasteiger charge is -2.11. The Bertz CT molecular complexity index is 428. The molecule has 17 heavy (non-hydrogen) atoms. The molecule has 0 fully saturated rings. The molecule has 1 atom stereocenters. The monoisotopic (exact) mass is 231 g/mol. The molecule has 0 aliphatic heterocycles. The quantitative estimate of drug-likeness (QED) is 0.762. The molecule has 0 aliphatic rings. The highest BCUT2D eigenvalue weighted by atomic mass is 15.0.